The van der Waals surface area contributed by atoms with E-state index in [-0.39, 0.29) is 0 Å². The van der Waals surface area contributed by atoms with E-state index >= 15 is 0 Å². The standard InChI is InChI=1S/C12H26N2/c1-10(2)5-4-6-11-7-8-12(14-11)9-13-3/h10-14H,4-9H2,1-3H3. The Bertz CT molecular complexity index is 145. The molecule has 2 heteroatoms. The molecule has 14 heavy (non-hydrogen) atoms. The summed E-state index contributed by atoms with van der Waals surface area (Å²) in [6, 6.07) is 1.52. The largest absolute Gasteiger partial charge is 0.318 e. The van der Waals surface area contributed by atoms with Gasteiger partial charge in [0.25, 0.3) is 0 Å². The van der Waals surface area contributed by atoms with Crippen LogP contribution >= 0.6 is 0 Å². The molecular formula is C12H26N2. The van der Waals surface area contributed by atoms with Crippen LogP contribution in [0.3, 0.4) is 0 Å². The lowest BCUT2D eigenvalue weighted by atomic mass is 10.0. The molecule has 0 spiro atoms. The first-order valence-electron chi connectivity index (χ1n) is 6.13. The van der Waals surface area contributed by atoms with E-state index in [0.29, 0.717) is 0 Å². The minimum Gasteiger partial charge on any atom is -0.318 e. The van der Waals surface area contributed by atoms with Gasteiger partial charge in [0.05, 0.1) is 0 Å². The predicted molar refractivity (Wildman–Crippen MR) is 62.6 cm³/mol. The number of hydrogen-bond donors (Lipinski definition) is 2. The van der Waals surface area contributed by atoms with Crippen molar-refractivity contribution in [1.29, 1.82) is 0 Å². The maximum Gasteiger partial charge on any atom is 0.0195 e. The average Bonchev–Trinajstić information content (AvgIpc) is 2.53. The Kier molecular flexibility index (Phi) is 5.49. The van der Waals surface area contributed by atoms with Gasteiger partial charge in [0.2, 0.25) is 0 Å². The predicted octanol–water partition coefficient (Wildman–Crippen LogP) is 2.15. The SMILES string of the molecule is CNCC1CCC(CCCC(C)C)N1. The van der Waals surface area contributed by atoms with E-state index in [1.54, 1.807) is 0 Å². The van der Waals surface area contributed by atoms with Crippen molar-refractivity contribution >= 4 is 0 Å². The van der Waals surface area contributed by atoms with Crippen molar-refractivity contribution < 1.29 is 0 Å². The van der Waals surface area contributed by atoms with E-state index in [0.717, 1.165) is 24.5 Å². The molecule has 1 aliphatic heterocycles. The summed E-state index contributed by atoms with van der Waals surface area (Å²) < 4.78 is 0. The minimum absolute atomic E-state index is 0.726. The Morgan fingerprint density at radius 1 is 1.29 bits per heavy atom. The van der Waals surface area contributed by atoms with Crippen molar-refractivity contribution in [2.45, 2.75) is 58.0 Å². The van der Waals surface area contributed by atoms with Crippen LogP contribution in [-0.2, 0) is 0 Å². The molecule has 1 rings (SSSR count). The highest BCUT2D eigenvalue weighted by Gasteiger charge is 2.22. The van der Waals surface area contributed by atoms with Crippen LogP contribution in [0.1, 0.15) is 46.0 Å². The van der Waals surface area contributed by atoms with Crippen LogP contribution in [-0.4, -0.2) is 25.7 Å². The normalized spacial score (nSPS) is 27.4. The van der Waals surface area contributed by atoms with Gasteiger partial charge < -0.3 is 10.6 Å². The second-order valence-corrected chi connectivity index (χ2v) is 5.02. The molecule has 2 atom stereocenters. The average molecular weight is 198 g/mol. The maximum atomic E-state index is 3.70. The van der Waals surface area contributed by atoms with Gasteiger partial charge >= 0.3 is 0 Å². The molecule has 0 aromatic rings. The quantitative estimate of drug-likeness (QED) is 0.683. The first kappa shape index (κ1) is 12.0. The minimum atomic E-state index is 0.726. The fourth-order valence-electron chi connectivity index (χ4n) is 2.31. The molecule has 0 aliphatic carbocycles. The van der Waals surface area contributed by atoms with Crippen molar-refractivity contribution in [3.05, 3.63) is 0 Å². The molecule has 0 amide bonds. The summed E-state index contributed by atoms with van der Waals surface area (Å²) in [6.07, 6.45) is 6.88. The first-order chi connectivity index (χ1) is 6.72. The zero-order valence-electron chi connectivity index (χ0n) is 9.97. The fourth-order valence-corrected chi connectivity index (χ4v) is 2.31. The molecule has 0 saturated carbocycles. The summed E-state index contributed by atoms with van der Waals surface area (Å²) in [6.45, 7) is 5.75. The first-order valence-corrected chi connectivity index (χ1v) is 6.13. The van der Waals surface area contributed by atoms with Crippen LogP contribution in [0.2, 0.25) is 0 Å². The van der Waals surface area contributed by atoms with Gasteiger partial charge in [-0.2, -0.15) is 0 Å². The Morgan fingerprint density at radius 3 is 2.64 bits per heavy atom. The van der Waals surface area contributed by atoms with Gasteiger partial charge in [-0.05, 0) is 32.2 Å². The highest BCUT2D eigenvalue weighted by molar-refractivity contribution is 4.84. The van der Waals surface area contributed by atoms with Gasteiger partial charge in [-0.25, -0.2) is 0 Å². The lowest BCUT2D eigenvalue weighted by Gasteiger charge is -2.14. The van der Waals surface area contributed by atoms with Crippen molar-refractivity contribution in [2.24, 2.45) is 5.92 Å². The van der Waals surface area contributed by atoms with Gasteiger partial charge in [-0.3, -0.25) is 0 Å². The third kappa shape index (κ3) is 4.43. The smallest absolute Gasteiger partial charge is 0.0195 e. The second kappa shape index (κ2) is 6.41. The third-order valence-electron chi connectivity index (χ3n) is 3.12. The highest BCUT2D eigenvalue weighted by atomic mass is 15.0. The number of nitrogens with one attached hydrogen (secondary N) is 2. The van der Waals surface area contributed by atoms with Crippen LogP contribution in [0, 0.1) is 5.92 Å². The molecule has 2 N–H and O–H groups in total. The van der Waals surface area contributed by atoms with Crippen LogP contribution in [0.5, 0.6) is 0 Å². The van der Waals surface area contributed by atoms with Gasteiger partial charge in [0, 0.05) is 18.6 Å². The van der Waals surface area contributed by atoms with Crippen molar-refractivity contribution in [1.82, 2.24) is 10.6 Å². The number of likely N-dealkylation sites (N-methyl/N-ethyl adjacent to an activating group) is 1. The van der Waals surface area contributed by atoms with Gasteiger partial charge in [-0.15, -0.1) is 0 Å². The van der Waals surface area contributed by atoms with Crippen molar-refractivity contribution in [2.75, 3.05) is 13.6 Å². The van der Waals surface area contributed by atoms with Crippen molar-refractivity contribution in [3.8, 4) is 0 Å². The summed E-state index contributed by atoms with van der Waals surface area (Å²) in [7, 11) is 2.04. The Labute approximate surface area is 88.8 Å². The Morgan fingerprint density at radius 2 is 2.00 bits per heavy atom. The monoisotopic (exact) mass is 198 g/mol. The molecule has 0 radical (unpaired) electrons. The van der Waals surface area contributed by atoms with Crippen LogP contribution in [0.15, 0.2) is 0 Å². The van der Waals surface area contributed by atoms with Crippen LogP contribution in [0.4, 0.5) is 0 Å². The Hall–Kier alpha value is -0.0800. The number of rotatable bonds is 6. The molecule has 2 unspecified atom stereocenters. The summed E-state index contributed by atoms with van der Waals surface area (Å²) >= 11 is 0. The van der Waals surface area contributed by atoms with Crippen LogP contribution in [0.25, 0.3) is 0 Å². The lowest BCUT2D eigenvalue weighted by Crippen LogP contribution is -2.36. The summed E-state index contributed by atoms with van der Waals surface area (Å²) in [5.74, 6) is 0.865. The topological polar surface area (TPSA) is 24.1 Å². The third-order valence-corrected chi connectivity index (χ3v) is 3.12. The molecule has 1 aliphatic rings. The molecule has 1 heterocycles. The summed E-state index contributed by atoms with van der Waals surface area (Å²) in [4.78, 5) is 0. The molecular weight excluding hydrogens is 172 g/mol. The molecule has 84 valence electrons. The maximum absolute atomic E-state index is 3.70. The van der Waals surface area contributed by atoms with E-state index in [1.165, 1.54) is 32.1 Å². The second-order valence-electron chi connectivity index (χ2n) is 5.02. The van der Waals surface area contributed by atoms with E-state index in [1.807, 2.05) is 7.05 Å². The zero-order chi connectivity index (χ0) is 10.4. The molecule has 2 nitrogen and oxygen atoms in total. The highest BCUT2D eigenvalue weighted by Crippen LogP contribution is 2.18. The van der Waals surface area contributed by atoms with Gasteiger partial charge in [-0.1, -0.05) is 26.7 Å². The van der Waals surface area contributed by atoms with E-state index in [4.69, 9.17) is 0 Å². The molecule has 1 fully saturated rings. The van der Waals surface area contributed by atoms with E-state index in [2.05, 4.69) is 24.5 Å². The summed E-state index contributed by atoms with van der Waals surface area (Å²) in [5.41, 5.74) is 0. The lowest BCUT2D eigenvalue weighted by molar-refractivity contribution is 0.454. The van der Waals surface area contributed by atoms with E-state index in [9.17, 15) is 0 Å². The van der Waals surface area contributed by atoms with Gasteiger partial charge in [0.15, 0.2) is 0 Å². The summed E-state index contributed by atoms with van der Waals surface area (Å²) in [5, 5.41) is 6.95. The van der Waals surface area contributed by atoms with Gasteiger partial charge in [0.1, 0.15) is 0 Å². The Balaban J connectivity index is 2.04. The molecule has 0 aromatic heterocycles. The fraction of sp³-hybridized carbons (Fsp3) is 1.00. The van der Waals surface area contributed by atoms with E-state index < -0.39 is 0 Å². The molecule has 1 saturated heterocycles. The molecule has 0 bridgehead atoms. The van der Waals surface area contributed by atoms with Crippen molar-refractivity contribution in [3.63, 3.8) is 0 Å². The number of hydrogen-bond acceptors (Lipinski definition) is 2. The van der Waals surface area contributed by atoms with Crippen LogP contribution < -0.4 is 10.6 Å². The zero-order valence-corrected chi connectivity index (χ0v) is 9.97. The molecule has 0 aromatic carbocycles.